The van der Waals surface area contributed by atoms with E-state index in [0.717, 1.165) is 31.1 Å². The molecular formula is C19H29NO. The van der Waals surface area contributed by atoms with Crippen LogP contribution in [-0.4, -0.2) is 11.9 Å². The Labute approximate surface area is 129 Å². The van der Waals surface area contributed by atoms with Crippen LogP contribution in [0.5, 0.6) is 0 Å². The summed E-state index contributed by atoms with van der Waals surface area (Å²) in [4.78, 5) is 12.4. The van der Waals surface area contributed by atoms with Crippen LogP contribution in [-0.2, 0) is 11.2 Å². The molecule has 0 radical (unpaired) electrons. The van der Waals surface area contributed by atoms with Gasteiger partial charge in [-0.3, -0.25) is 4.79 Å². The molecule has 2 nitrogen and oxygen atoms in total. The predicted molar refractivity (Wildman–Crippen MR) is 88.0 cm³/mol. The molecule has 1 aromatic rings. The molecule has 0 saturated heterocycles. The fourth-order valence-electron chi connectivity index (χ4n) is 3.43. The number of carbonyl (C=O) groups is 1. The fraction of sp³-hybridized carbons (Fsp3) is 0.632. The van der Waals surface area contributed by atoms with Gasteiger partial charge in [0, 0.05) is 12.0 Å². The van der Waals surface area contributed by atoms with Crippen molar-refractivity contribution in [3.05, 3.63) is 35.9 Å². The van der Waals surface area contributed by atoms with E-state index in [1.54, 1.807) is 0 Å². The molecule has 116 valence electrons. The molecule has 0 aromatic heterocycles. The van der Waals surface area contributed by atoms with Gasteiger partial charge in [0.25, 0.3) is 0 Å². The zero-order chi connectivity index (χ0) is 15.2. The number of nitrogens with one attached hydrogen (secondary N) is 1. The van der Waals surface area contributed by atoms with Crippen LogP contribution in [0.25, 0.3) is 0 Å². The molecule has 0 aliphatic heterocycles. The molecule has 2 heteroatoms. The molecule has 1 aliphatic rings. The molecule has 0 heterocycles. The minimum absolute atomic E-state index is 0.211. The number of rotatable bonds is 5. The lowest BCUT2D eigenvalue weighted by Gasteiger charge is -2.30. The van der Waals surface area contributed by atoms with Crippen LogP contribution >= 0.6 is 0 Å². The Balaban J connectivity index is 1.77. The maximum absolute atomic E-state index is 12.4. The van der Waals surface area contributed by atoms with Gasteiger partial charge in [-0.25, -0.2) is 0 Å². The third-order valence-electron chi connectivity index (χ3n) is 4.86. The van der Waals surface area contributed by atoms with Crippen molar-refractivity contribution in [1.29, 1.82) is 0 Å². The van der Waals surface area contributed by atoms with E-state index in [9.17, 15) is 4.79 Å². The zero-order valence-electron chi connectivity index (χ0n) is 13.6. The first-order valence-corrected chi connectivity index (χ1v) is 8.40. The van der Waals surface area contributed by atoms with Gasteiger partial charge in [-0.2, -0.15) is 0 Å². The first kappa shape index (κ1) is 16.1. The van der Waals surface area contributed by atoms with Crippen molar-refractivity contribution in [2.24, 2.45) is 17.8 Å². The normalized spacial score (nSPS) is 23.8. The lowest BCUT2D eigenvalue weighted by atomic mass is 9.76. The molecule has 0 bridgehead atoms. The Bertz CT molecular complexity index is 432. The molecular weight excluding hydrogens is 258 g/mol. The number of amides is 1. The van der Waals surface area contributed by atoms with Gasteiger partial charge < -0.3 is 5.32 Å². The molecule has 1 saturated carbocycles. The summed E-state index contributed by atoms with van der Waals surface area (Å²) >= 11 is 0. The molecule has 1 fully saturated rings. The van der Waals surface area contributed by atoms with Crippen molar-refractivity contribution in [3.63, 3.8) is 0 Å². The van der Waals surface area contributed by atoms with Gasteiger partial charge in [0.1, 0.15) is 0 Å². The molecule has 21 heavy (non-hydrogen) atoms. The summed E-state index contributed by atoms with van der Waals surface area (Å²) in [7, 11) is 0. The number of hydrogen-bond donors (Lipinski definition) is 1. The van der Waals surface area contributed by atoms with Crippen molar-refractivity contribution in [2.45, 2.75) is 58.9 Å². The van der Waals surface area contributed by atoms with Crippen LogP contribution < -0.4 is 5.32 Å². The Morgan fingerprint density at radius 1 is 1.10 bits per heavy atom. The molecule has 1 N–H and O–H groups in total. The second kappa shape index (κ2) is 7.63. The quantitative estimate of drug-likeness (QED) is 0.864. The second-order valence-electron chi connectivity index (χ2n) is 6.96. The molecule has 1 atom stereocenters. The average Bonchev–Trinajstić information content (AvgIpc) is 2.48. The summed E-state index contributed by atoms with van der Waals surface area (Å²) in [5, 5.41) is 3.20. The van der Waals surface area contributed by atoms with Gasteiger partial charge in [-0.1, -0.05) is 44.2 Å². The highest BCUT2D eigenvalue weighted by atomic mass is 16.1. The third-order valence-corrected chi connectivity index (χ3v) is 4.86. The first-order chi connectivity index (χ1) is 10.1. The van der Waals surface area contributed by atoms with Gasteiger partial charge in [-0.05, 0) is 56.4 Å². The predicted octanol–water partition coefficient (Wildman–Crippen LogP) is 4.20. The van der Waals surface area contributed by atoms with Crippen molar-refractivity contribution in [3.8, 4) is 0 Å². The van der Waals surface area contributed by atoms with Crippen molar-refractivity contribution in [1.82, 2.24) is 5.32 Å². The van der Waals surface area contributed by atoms with E-state index in [0.29, 0.717) is 0 Å². The standard InChI is InChI=1S/C19H29NO/c1-14(2)17-9-11-18(12-10-17)19(21)20-15(3)13-16-7-5-4-6-8-16/h4-8,14-15,17-18H,9-13H2,1-3H3,(H,20,21)/t15-,17?,18?/m0/s1. The SMILES string of the molecule is CC(C)C1CCC(C(=O)N[C@@H](C)Cc2ccccc2)CC1. The van der Waals surface area contributed by atoms with Crippen molar-refractivity contribution in [2.75, 3.05) is 0 Å². The second-order valence-corrected chi connectivity index (χ2v) is 6.96. The van der Waals surface area contributed by atoms with Crippen molar-refractivity contribution >= 4 is 5.91 Å². The largest absolute Gasteiger partial charge is 0.353 e. The van der Waals surface area contributed by atoms with E-state index in [1.807, 2.05) is 6.07 Å². The monoisotopic (exact) mass is 287 g/mol. The number of hydrogen-bond acceptors (Lipinski definition) is 1. The minimum atomic E-state index is 0.211. The number of benzene rings is 1. The summed E-state index contributed by atoms with van der Waals surface area (Å²) in [5.41, 5.74) is 1.29. The smallest absolute Gasteiger partial charge is 0.223 e. The maximum Gasteiger partial charge on any atom is 0.223 e. The molecule has 2 rings (SSSR count). The molecule has 1 aromatic carbocycles. The molecule has 0 spiro atoms. The van der Waals surface area contributed by atoms with Crippen LogP contribution in [0.4, 0.5) is 0 Å². The minimum Gasteiger partial charge on any atom is -0.353 e. The summed E-state index contributed by atoms with van der Waals surface area (Å²) in [5.74, 6) is 2.07. The summed E-state index contributed by atoms with van der Waals surface area (Å²) in [6.07, 6.45) is 5.46. The topological polar surface area (TPSA) is 29.1 Å². The maximum atomic E-state index is 12.4. The highest BCUT2D eigenvalue weighted by molar-refractivity contribution is 5.79. The first-order valence-electron chi connectivity index (χ1n) is 8.40. The van der Waals surface area contributed by atoms with E-state index >= 15 is 0 Å². The Hall–Kier alpha value is -1.31. The van der Waals surface area contributed by atoms with Crippen LogP contribution in [0.1, 0.15) is 52.0 Å². The van der Waals surface area contributed by atoms with E-state index < -0.39 is 0 Å². The van der Waals surface area contributed by atoms with Gasteiger partial charge in [-0.15, -0.1) is 0 Å². The van der Waals surface area contributed by atoms with Crippen LogP contribution in [0, 0.1) is 17.8 Å². The van der Waals surface area contributed by atoms with Crippen LogP contribution in [0.2, 0.25) is 0 Å². The highest BCUT2D eigenvalue weighted by Crippen LogP contribution is 2.33. The summed E-state index contributed by atoms with van der Waals surface area (Å²) < 4.78 is 0. The van der Waals surface area contributed by atoms with Crippen LogP contribution in [0.3, 0.4) is 0 Å². The van der Waals surface area contributed by atoms with Gasteiger partial charge in [0.15, 0.2) is 0 Å². The van der Waals surface area contributed by atoms with E-state index in [2.05, 4.69) is 50.4 Å². The Morgan fingerprint density at radius 2 is 1.71 bits per heavy atom. The summed E-state index contributed by atoms with van der Waals surface area (Å²) in [6, 6.07) is 10.6. The third kappa shape index (κ3) is 4.87. The Morgan fingerprint density at radius 3 is 2.29 bits per heavy atom. The van der Waals surface area contributed by atoms with E-state index in [-0.39, 0.29) is 17.9 Å². The zero-order valence-corrected chi connectivity index (χ0v) is 13.6. The fourth-order valence-corrected chi connectivity index (χ4v) is 3.43. The molecule has 0 unspecified atom stereocenters. The lowest BCUT2D eigenvalue weighted by Crippen LogP contribution is -2.39. The lowest BCUT2D eigenvalue weighted by molar-refractivity contribution is -0.126. The van der Waals surface area contributed by atoms with E-state index in [1.165, 1.54) is 18.4 Å². The molecule has 1 aliphatic carbocycles. The average molecular weight is 287 g/mol. The summed E-state index contributed by atoms with van der Waals surface area (Å²) in [6.45, 7) is 6.70. The van der Waals surface area contributed by atoms with Gasteiger partial charge in [0.2, 0.25) is 5.91 Å². The van der Waals surface area contributed by atoms with Crippen molar-refractivity contribution < 1.29 is 4.79 Å². The Kier molecular flexibility index (Phi) is 5.84. The van der Waals surface area contributed by atoms with Gasteiger partial charge in [0.05, 0.1) is 0 Å². The van der Waals surface area contributed by atoms with Gasteiger partial charge >= 0.3 is 0 Å². The van der Waals surface area contributed by atoms with E-state index in [4.69, 9.17) is 0 Å². The highest BCUT2D eigenvalue weighted by Gasteiger charge is 2.28. The number of carbonyl (C=O) groups excluding carboxylic acids is 1. The molecule has 1 amide bonds. The van der Waals surface area contributed by atoms with Crippen LogP contribution in [0.15, 0.2) is 30.3 Å².